The number of aliphatic hydroxyl groups is 1. The molecule has 4 nitrogen and oxygen atoms in total. The van der Waals surface area contributed by atoms with Gasteiger partial charge in [-0.15, -0.1) is 0 Å². The summed E-state index contributed by atoms with van der Waals surface area (Å²) >= 11 is 0. The number of aliphatic hydroxyl groups excluding tert-OH is 1. The minimum atomic E-state index is -0.367. The van der Waals surface area contributed by atoms with E-state index in [1.165, 1.54) is 0 Å². The molecule has 13 heavy (non-hydrogen) atoms. The van der Waals surface area contributed by atoms with Gasteiger partial charge in [-0.05, 0) is 0 Å². The van der Waals surface area contributed by atoms with Gasteiger partial charge in [0.05, 0.1) is 25.4 Å². The van der Waals surface area contributed by atoms with Crippen LogP contribution in [0.5, 0.6) is 0 Å². The Morgan fingerprint density at radius 1 is 1.31 bits per heavy atom. The number of piperidine rings is 1. The van der Waals surface area contributed by atoms with Crippen molar-refractivity contribution in [2.24, 2.45) is 0 Å². The van der Waals surface area contributed by atoms with Gasteiger partial charge >= 0.3 is 0 Å². The fraction of sp³-hybridized carbons (Fsp3) is 0.889. The van der Waals surface area contributed by atoms with Gasteiger partial charge in [-0.3, -0.25) is 9.69 Å². The summed E-state index contributed by atoms with van der Waals surface area (Å²) in [6.07, 6.45) is 0.889. The Kier molecular flexibility index (Phi) is 2.62. The lowest BCUT2D eigenvalue weighted by atomic mass is 10.1. The van der Waals surface area contributed by atoms with Crippen molar-refractivity contribution in [3.05, 3.63) is 0 Å². The van der Waals surface area contributed by atoms with E-state index in [-0.39, 0.29) is 12.1 Å². The Bertz CT molecular complexity index is 197. The first-order valence-corrected chi connectivity index (χ1v) is 4.79. The Morgan fingerprint density at radius 3 is 2.54 bits per heavy atom. The zero-order valence-corrected chi connectivity index (χ0v) is 7.61. The summed E-state index contributed by atoms with van der Waals surface area (Å²) in [5, 5.41) is 9.56. The van der Waals surface area contributed by atoms with Crippen molar-refractivity contribution in [2.75, 3.05) is 26.3 Å². The van der Waals surface area contributed by atoms with Crippen molar-refractivity contribution in [3.8, 4) is 0 Å². The highest BCUT2D eigenvalue weighted by atomic mass is 16.5. The van der Waals surface area contributed by atoms with E-state index in [9.17, 15) is 9.90 Å². The number of carbonyl (C=O) groups excluding carboxylic acids is 1. The molecule has 0 aliphatic carbocycles. The van der Waals surface area contributed by atoms with E-state index in [0.29, 0.717) is 31.8 Å². The van der Waals surface area contributed by atoms with E-state index in [2.05, 4.69) is 4.90 Å². The SMILES string of the molecule is O=C1CCN([C@@H]2COC[C@H]2O)CC1. The molecule has 74 valence electrons. The van der Waals surface area contributed by atoms with Crippen molar-refractivity contribution < 1.29 is 14.6 Å². The summed E-state index contributed by atoms with van der Waals surface area (Å²) < 4.78 is 5.17. The summed E-state index contributed by atoms with van der Waals surface area (Å²) in [5.41, 5.74) is 0. The third-order valence-electron chi connectivity index (χ3n) is 2.85. The third-order valence-corrected chi connectivity index (χ3v) is 2.85. The molecule has 1 N–H and O–H groups in total. The molecule has 2 rings (SSSR count). The smallest absolute Gasteiger partial charge is 0.135 e. The minimum absolute atomic E-state index is 0.119. The molecule has 2 fully saturated rings. The Morgan fingerprint density at radius 2 is 2.00 bits per heavy atom. The van der Waals surface area contributed by atoms with Crippen LogP contribution in [-0.2, 0) is 9.53 Å². The molecule has 0 spiro atoms. The quantitative estimate of drug-likeness (QED) is 0.593. The van der Waals surface area contributed by atoms with Gasteiger partial charge in [0.2, 0.25) is 0 Å². The lowest BCUT2D eigenvalue weighted by molar-refractivity contribution is -0.122. The summed E-state index contributed by atoms with van der Waals surface area (Å²) in [6.45, 7) is 2.61. The van der Waals surface area contributed by atoms with Crippen LogP contribution >= 0.6 is 0 Å². The number of hydrogen-bond donors (Lipinski definition) is 1. The summed E-state index contributed by atoms with van der Waals surface area (Å²) in [5.74, 6) is 0.338. The zero-order chi connectivity index (χ0) is 9.26. The molecule has 2 aliphatic rings. The van der Waals surface area contributed by atoms with Crippen molar-refractivity contribution in [3.63, 3.8) is 0 Å². The van der Waals surface area contributed by atoms with Crippen molar-refractivity contribution in [1.29, 1.82) is 0 Å². The molecular weight excluding hydrogens is 170 g/mol. The maximum absolute atomic E-state index is 11.0. The molecule has 0 bridgehead atoms. The molecule has 2 atom stereocenters. The van der Waals surface area contributed by atoms with Crippen LogP contribution in [0.2, 0.25) is 0 Å². The molecule has 4 heteroatoms. The van der Waals surface area contributed by atoms with E-state index in [1.807, 2.05) is 0 Å². The van der Waals surface area contributed by atoms with Crippen LogP contribution in [0, 0.1) is 0 Å². The Balaban J connectivity index is 1.90. The lowest BCUT2D eigenvalue weighted by Crippen LogP contribution is -2.47. The molecule has 0 radical (unpaired) electrons. The molecule has 0 amide bonds. The topological polar surface area (TPSA) is 49.8 Å². The van der Waals surface area contributed by atoms with E-state index >= 15 is 0 Å². The van der Waals surface area contributed by atoms with Gasteiger partial charge in [-0.2, -0.15) is 0 Å². The van der Waals surface area contributed by atoms with E-state index < -0.39 is 0 Å². The third kappa shape index (κ3) is 1.90. The van der Waals surface area contributed by atoms with Crippen LogP contribution in [0.15, 0.2) is 0 Å². The predicted molar refractivity (Wildman–Crippen MR) is 46.4 cm³/mol. The van der Waals surface area contributed by atoms with Gasteiger partial charge in [0.1, 0.15) is 5.78 Å². The van der Waals surface area contributed by atoms with Gasteiger partial charge in [-0.25, -0.2) is 0 Å². The number of Topliss-reactive ketones (excluding diaryl/α,β-unsaturated/α-hetero) is 1. The fourth-order valence-corrected chi connectivity index (χ4v) is 1.99. The second-order valence-corrected chi connectivity index (χ2v) is 3.75. The maximum atomic E-state index is 11.0. The van der Waals surface area contributed by atoms with E-state index in [1.54, 1.807) is 0 Å². The number of carbonyl (C=O) groups is 1. The summed E-state index contributed by atoms with van der Waals surface area (Å²) in [7, 11) is 0. The number of nitrogens with zero attached hydrogens (tertiary/aromatic N) is 1. The maximum Gasteiger partial charge on any atom is 0.135 e. The van der Waals surface area contributed by atoms with E-state index in [0.717, 1.165) is 13.1 Å². The highest BCUT2D eigenvalue weighted by Crippen LogP contribution is 2.17. The standard InChI is InChI=1S/C9H15NO3/c11-7-1-3-10(4-2-7)8-5-13-6-9(8)12/h8-9,12H,1-6H2/t8-,9-/m1/s1. The Labute approximate surface area is 77.5 Å². The average molecular weight is 185 g/mol. The minimum Gasteiger partial charge on any atom is -0.389 e. The van der Waals surface area contributed by atoms with Gasteiger partial charge < -0.3 is 9.84 Å². The monoisotopic (exact) mass is 185 g/mol. The Hall–Kier alpha value is -0.450. The number of likely N-dealkylation sites (tertiary alicyclic amines) is 1. The highest BCUT2D eigenvalue weighted by molar-refractivity contribution is 5.79. The molecule has 0 aromatic rings. The summed E-state index contributed by atoms with van der Waals surface area (Å²) in [4.78, 5) is 13.2. The molecule has 0 unspecified atom stereocenters. The van der Waals surface area contributed by atoms with Crippen molar-refractivity contribution in [2.45, 2.75) is 25.0 Å². The van der Waals surface area contributed by atoms with Crippen LogP contribution in [0.4, 0.5) is 0 Å². The number of hydrogen-bond acceptors (Lipinski definition) is 4. The molecule has 0 aromatic heterocycles. The van der Waals surface area contributed by atoms with Gasteiger partial charge in [-0.1, -0.05) is 0 Å². The first kappa shape index (κ1) is 9.12. The predicted octanol–water partition coefficient (Wildman–Crippen LogP) is -0.589. The lowest BCUT2D eigenvalue weighted by Gasteiger charge is -2.32. The van der Waals surface area contributed by atoms with Crippen LogP contribution in [0.1, 0.15) is 12.8 Å². The van der Waals surface area contributed by atoms with Crippen LogP contribution in [0.3, 0.4) is 0 Å². The second-order valence-electron chi connectivity index (χ2n) is 3.75. The first-order chi connectivity index (χ1) is 6.27. The molecule has 0 saturated carbocycles. The van der Waals surface area contributed by atoms with Gasteiger partial charge in [0.15, 0.2) is 0 Å². The molecule has 0 aromatic carbocycles. The van der Waals surface area contributed by atoms with Crippen LogP contribution in [0.25, 0.3) is 0 Å². The van der Waals surface area contributed by atoms with Crippen molar-refractivity contribution >= 4 is 5.78 Å². The molecular formula is C9H15NO3. The zero-order valence-electron chi connectivity index (χ0n) is 7.61. The number of ketones is 1. The average Bonchev–Trinajstić information content (AvgIpc) is 2.53. The fourth-order valence-electron chi connectivity index (χ4n) is 1.99. The largest absolute Gasteiger partial charge is 0.389 e. The number of rotatable bonds is 1. The van der Waals surface area contributed by atoms with Crippen LogP contribution in [-0.4, -0.2) is 54.2 Å². The summed E-state index contributed by atoms with van der Waals surface area (Å²) in [6, 6.07) is 0.119. The second kappa shape index (κ2) is 3.74. The van der Waals surface area contributed by atoms with Gasteiger partial charge in [0, 0.05) is 25.9 Å². The van der Waals surface area contributed by atoms with Crippen molar-refractivity contribution in [1.82, 2.24) is 4.90 Å². The van der Waals surface area contributed by atoms with Crippen LogP contribution < -0.4 is 0 Å². The number of ether oxygens (including phenoxy) is 1. The molecule has 2 aliphatic heterocycles. The molecule has 2 saturated heterocycles. The molecule has 2 heterocycles. The first-order valence-electron chi connectivity index (χ1n) is 4.79. The van der Waals surface area contributed by atoms with E-state index in [4.69, 9.17) is 4.74 Å². The highest BCUT2D eigenvalue weighted by Gasteiger charge is 2.33. The normalized spacial score (nSPS) is 36.8. The van der Waals surface area contributed by atoms with Gasteiger partial charge in [0.25, 0.3) is 0 Å².